The van der Waals surface area contributed by atoms with E-state index in [2.05, 4.69) is 37.9 Å². The zero-order valence-corrected chi connectivity index (χ0v) is 19.4. The first-order valence-electron chi connectivity index (χ1n) is 11.0. The van der Waals surface area contributed by atoms with Gasteiger partial charge in [0, 0.05) is 5.39 Å². The normalized spacial score (nSPS) is 12.4. The minimum Gasteiger partial charge on any atom is -0.296 e. The summed E-state index contributed by atoms with van der Waals surface area (Å²) in [6.45, 7) is 2.06. The molecule has 6 nitrogen and oxygen atoms in total. The molecular formula is C27H20ClFN4O2. The molecule has 0 saturated carbocycles. The number of nitrogens with one attached hydrogen (secondary N) is 2. The molecule has 174 valence electrons. The Morgan fingerprint density at radius 3 is 2.57 bits per heavy atom. The van der Waals surface area contributed by atoms with E-state index in [0.717, 1.165) is 44.3 Å². The second-order valence-corrected chi connectivity index (χ2v) is 8.35. The highest BCUT2D eigenvalue weighted by Crippen LogP contribution is 2.38. The maximum absolute atomic E-state index is 13.8. The quantitative estimate of drug-likeness (QED) is 0.266. The number of benzene rings is 3. The van der Waals surface area contributed by atoms with Crippen molar-refractivity contribution in [2.75, 3.05) is 0 Å². The van der Waals surface area contributed by atoms with E-state index in [1.54, 1.807) is 18.3 Å². The molecule has 0 spiro atoms. The van der Waals surface area contributed by atoms with Crippen LogP contribution in [0.2, 0.25) is 5.02 Å². The molecule has 0 aliphatic rings. The van der Waals surface area contributed by atoms with Crippen molar-refractivity contribution in [2.45, 2.75) is 13.3 Å². The molecule has 2 heterocycles. The number of aromatic nitrogens is 4. The van der Waals surface area contributed by atoms with Crippen LogP contribution < -0.4 is 5.76 Å². The van der Waals surface area contributed by atoms with Gasteiger partial charge in [-0.3, -0.25) is 14.6 Å². The van der Waals surface area contributed by atoms with Crippen LogP contribution in [0.15, 0.2) is 76.2 Å². The maximum atomic E-state index is 13.8. The third kappa shape index (κ3) is 4.72. The van der Waals surface area contributed by atoms with Gasteiger partial charge in [0.25, 0.3) is 0 Å². The Kier molecular flexibility index (Phi) is 6.16. The zero-order chi connectivity index (χ0) is 24.4. The first-order chi connectivity index (χ1) is 17.0. The molecule has 0 amide bonds. The van der Waals surface area contributed by atoms with Gasteiger partial charge in [0.2, 0.25) is 0 Å². The van der Waals surface area contributed by atoms with Crippen molar-refractivity contribution in [1.29, 1.82) is 0 Å². The van der Waals surface area contributed by atoms with Gasteiger partial charge in [-0.15, -0.1) is 0 Å². The van der Waals surface area contributed by atoms with E-state index in [1.807, 2.05) is 42.5 Å². The molecule has 0 saturated heterocycles. The minimum absolute atomic E-state index is 0.340. The Balaban J connectivity index is 1.63. The number of hydrogen-bond donors (Lipinski definition) is 2. The smallest absolute Gasteiger partial charge is 0.296 e. The van der Waals surface area contributed by atoms with Gasteiger partial charge >= 0.3 is 5.76 Å². The van der Waals surface area contributed by atoms with E-state index in [4.69, 9.17) is 11.6 Å². The molecule has 2 aromatic heterocycles. The fourth-order valence-corrected chi connectivity index (χ4v) is 4.38. The molecule has 0 bridgehead atoms. The minimum atomic E-state index is -0.601. The molecule has 0 radical (unpaired) electrons. The summed E-state index contributed by atoms with van der Waals surface area (Å²) in [5, 5.41) is 12.1. The predicted octanol–water partition coefficient (Wildman–Crippen LogP) is 6.57. The van der Waals surface area contributed by atoms with E-state index < -0.39 is 5.76 Å². The molecule has 8 heteroatoms. The Labute approximate surface area is 204 Å². The van der Waals surface area contributed by atoms with Crippen LogP contribution in [-0.2, 0) is 0 Å². The molecular weight excluding hydrogens is 467 g/mol. The van der Waals surface area contributed by atoms with Crippen LogP contribution in [0.4, 0.5) is 4.39 Å². The molecule has 0 aliphatic heterocycles. The fourth-order valence-electron chi connectivity index (χ4n) is 4.10. The van der Waals surface area contributed by atoms with E-state index >= 15 is 0 Å². The highest BCUT2D eigenvalue weighted by Gasteiger charge is 2.16. The Hall–Kier alpha value is -4.23. The summed E-state index contributed by atoms with van der Waals surface area (Å²) in [6, 6.07) is 18.6. The second kappa shape index (κ2) is 9.56. The van der Waals surface area contributed by atoms with Crippen LogP contribution in [0.25, 0.3) is 34.2 Å². The summed E-state index contributed by atoms with van der Waals surface area (Å²) in [5.41, 5.74) is 6.63. The van der Waals surface area contributed by atoms with E-state index in [-0.39, 0.29) is 5.82 Å². The lowest BCUT2D eigenvalue weighted by Crippen LogP contribution is -1.96. The lowest BCUT2D eigenvalue weighted by atomic mass is 9.87. The average molecular weight is 487 g/mol. The van der Waals surface area contributed by atoms with Crippen molar-refractivity contribution in [1.82, 2.24) is 20.3 Å². The number of nitrogens with zero attached hydrogens (tertiary/aromatic N) is 2. The first-order valence-corrected chi connectivity index (χ1v) is 11.4. The number of H-pyrrole nitrogens is 2. The average Bonchev–Trinajstić information content (AvgIpc) is 3.50. The summed E-state index contributed by atoms with van der Waals surface area (Å²) >= 11 is 6.49. The molecule has 35 heavy (non-hydrogen) atoms. The lowest BCUT2D eigenvalue weighted by molar-refractivity contribution is 0.385. The fraction of sp³-hybridized carbons (Fsp3) is 0.0741. The standard InChI is InChI=1S/C27H20ClFN4O2/c1-2-21(22-10-9-20(29)14-23(22)28)26(18-8-11-24-19(13-18)15-30-32-24)17-6-3-16(4-7-17)5-12-25-31-27(34)35-33-25/h3-15H,2H2,1H3,(H,30,32)(H,31,33,34)/b12-5?,26-21-. The van der Waals surface area contributed by atoms with Crippen LogP contribution >= 0.6 is 11.6 Å². The third-order valence-corrected chi connectivity index (χ3v) is 6.04. The summed E-state index contributed by atoms with van der Waals surface area (Å²) < 4.78 is 18.3. The number of hydrogen-bond acceptors (Lipinski definition) is 4. The van der Waals surface area contributed by atoms with Crippen LogP contribution in [0, 0.1) is 5.82 Å². The molecule has 3 aromatic carbocycles. The van der Waals surface area contributed by atoms with Crippen molar-refractivity contribution in [3.8, 4) is 0 Å². The van der Waals surface area contributed by atoms with E-state index in [1.165, 1.54) is 12.1 Å². The predicted molar refractivity (Wildman–Crippen MR) is 136 cm³/mol. The van der Waals surface area contributed by atoms with Gasteiger partial charge in [0.15, 0.2) is 5.82 Å². The van der Waals surface area contributed by atoms with Crippen molar-refractivity contribution >= 4 is 45.8 Å². The molecule has 2 N–H and O–H groups in total. The molecule has 0 unspecified atom stereocenters. The summed E-state index contributed by atoms with van der Waals surface area (Å²) in [5.74, 6) is -0.636. The summed E-state index contributed by atoms with van der Waals surface area (Å²) in [7, 11) is 0. The van der Waals surface area contributed by atoms with E-state index in [9.17, 15) is 9.18 Å². The SMILES string of the molecule is CC/C(=C(\c1ccc(C=Cc2noc(=O)[nH]2)cc1)c1ccc2[nH]ncc2c1)c1ccc(F)cc1Cl. The maximum Gasteiger partial charge on any atom is 0.439 e. The number of halogens is 2. The largest absolute Gasteiger partial charge is 0.439 e. The van der Waals surface area contributed by atoms with Gasteiger partial charge in [0.1, 0.15) is 5.82 Å². The molecule has 0 atom stereocenters. The van der Waals surface area contributed by atoms with Crippen LogP contribution in [0.3, 0.4) is 0 Å². The van der Waals surface area contributed by atoms with Crippen LogP contribution in [0.5, 0.6) is 0 Å². The van der Waals surface area contributed by atoms with Crippen molar-refractivity contribution in [2.24, 2.45) is 0 Å². The summed E-state index contributed by atoms with van der Waals surface area (Å²) in [4.78, 5) is 13.6. The molecule has 5 aromatic rings. The van der Waals surface area contributed by atoms with Gasteiger partial charge < -0.3 is 0 Å². The zero-order valence-electron chi connectivity index (χ0n) is 18.7. The van der Waals surface area contributed by atoms with Crippen molar-refractivity contribution in [3.63, 3.8) is 0 Å². The Bertz CT molecular complexity index is 1630. The highest BCUT2D eigenvalue weighted by molar-refractivity contribution is 6.32. The molecule has 0 aliphatic carbocycles. The Morgan fingerprint density at radius 1 is 1.06 bits per heavy atom. The van der Waals surface area contributed by atoms with Crippen LogP contribution in [0.1, 0.15) is 41.4 Å². The van der Waals surface area contributed by atoms with Gasteiger partial charge in [0.05, 0.1) is 16.7 Å². The molecule has 0 fully saturated rings. The van der Waals surface area contributed by atoms with Gasteiger partial charge in [-0.2, -0.15) is 5.10 Å². The van der Waals surface area contributed by atoms with Gasteiger partial charge in [-0.05, 0) is 70.2 Å². The highest BCUT2D eigenvalue weighted by atomic mass is 35.5. The van der Waals surface area contributed by atoms with Gasteiger partial charge in [-0.1, -0.05) is 66.2 Å². The van der Waals surface area contributed by atoms with Gasteiger partial charge in [-0.25, -0.2) is 9.18 Å². The third-order valence-electron chi connectivity index (χ3n) is 5.73. The summed E-state index contributed by atoms with van der Waals surface area (Å²) in [6.07, 6.45) is 5.97. The number of allylic oxidation sites excluding steroid dienone is 1. The lowest BCUT2D eigenvalue weighted by Gasteiger charge is -2.18. The first kappa shape index (κ1) is 22.6. The van der Waals surface area contributed by atoms with Crippen LogP contribution in [-0.4, -0.2) is 20.3 Å². The van der Waals surface area contributed by atoms with E-state index in [0.29, 0.717) is 17.3 Å². The number of aromatic amines is 2. The monoisotopic (exact) mass is 486 g/mol. The second-order valence-electron chi connectivity index (χ2n) is 7.94. The topological polar surface area (TPSA) is 87.6 Å². The van der Waals surface area contributed by atoms with Crippen molar-refractivity contribution < 1.29 is 8.91 Å². The number of fused-ring (bicyclic) bond motifs is 1. The van der Waals surface area contributed by atoms with Crippen molar-refractivity contribution in [3.05, 3.63) is 116 Å². The Morgan fingerprint density at radius 2 is 1.86 bits per heavy atom. The molecule has 5 rings (SSSR count). The number of rotatable bonds is 6.